The summed E-state index contributed by atoms with van der Waals surface area (Å²) in [6.45, 7) is 0.427. The first kappa shape index (κ1) is 11.4. The Bertz CT molecular complexity index is 312. The number of methoxy groups -OCH3 is 1. The minimum Gasteiger partial charge on any atom is -0.476 e. The number of aromatic nitrogens is 2. The molecule has 1 rings (SSSR count). The van der Waals surface area contributed by atoms with E-state index in [1.165, 1.54) is 19.5 Å². The molecule has 0 fully saturated rings. The van der Waals surface area contributed by atoms with Gasteiger partial charge in [0, 0.05) is 13.0 Å². The molecule has 82 valence electrons. The van der Waals surface area contributed by atoms with Crippen molar-refractivity contribution in [3.05, 3.63) is 18.1 Å². The summed E-state index contributed by atoms with van der Waals surface area (Å²) >= 11 is 0. The van der Waals surface area contributed by atoms with E-state index in [9.17, 15) is 4.79 Å². The van der Waals surface area contributed by atoms with Gasteiger partial charge in [-0.3, -0.25) is 0 Å². The largest absolute Gasteiger partial charge is 0.476 e. The Kier molecular flexibility index (Phi) is 4.49. The van der Waals surface area contributed by atoms with Crippen LogP contribution in [0.15, 0.2) is 12.4 Å². The summed E-state index contributed by atoms with van der Waals surface area (Å²) in [5.74, 6) is -0.222. The highest BCUT2D eigenvalue weighted by atomic mass is 16.5. The van der Waals surface area contributed by atoms with E-state index >= 15 is 0 Å². The molecule has 0 aliphatic rings. The number of hydrogen-bond donors (Lipinski definition) is 1. The van der Waals surface area contributed by atoms with Gasteiger partial charge in [0.25, 0.3) is 0 Å². The van der Waals surface area contributed by atoms with E-state index in [0.29, 0.717) is 18.9 Å². The topological polar surface area (TPSA) is 81.5 Å². The molecule has 1 heterocycles. The molecule has 0 aliphatic carbocycles. The molecule has 0 bridgehead atoms. The normalized spacial score (nSPS) is 9.73. The summed E-state index contributed by atoms with van der Waals surface area (Å²) in [5.41, 5.74) is 0.131. The summed E-state index contributed by atoms with van der Waals surface area (Å²) in [7, 11) is 1.27. The van der Waals surface area contributed by atoms with Gasteiger partial charge in [-0.25, -0.2) is 14.8 Å². The highest BCUT2D eigenvalue weighted by molar-refractivity contribution is 5.86. The van der Waals surface area contributed by atoms with Crippen LogP contribution in [0.5, 0.6) is 5.88 Å². The summed E-state index contributed by atoms with van der Waals surface area (Å²) in [5, 5.41) is 8.52. The van der Waals surface area contributed by atoms with Crippen LogP contribution in [-0.2, 0) is 4.74 Å². The van der Waals surface area contributed by atoms with E-state index in [2.05, 4.69) is 14.7 Å². The Morgan fingerprint density at radius 2 is 2.27 bits per heavy atom. The van der Waals surface area contributed by atoms with Gasteiger partial charge in [0.15, 0.2) is 5.69 Å². The molecule has 0 aromatic carbocycles. The van der Waals surface area contributed by atoms with Crippen molar-refractivity contribution in [3.63, 3.8) is 0 Å². The first-order valence-corrected chi connectivity index (χ1v) is 4.42. The van der Waals surface area contributed by atoms with Gasteiger partial charge in [-0.1, -0.05) is 0 Å². The third kappa shape index (κ3) is 3.51. The molecule has 0 saturated carbocycles. The van der Waals surface area contributed by atoms with Crippen LogP contribution in [0, 0.1) is 0 Å². The first-order valence-electron chi connectivity index (χ1n) is 4.42. The lowest BCUT2D eigenvalue weighted by Gasteiger charge is -2.03. The quantitative estimate of drug-likeness (QED) is 0.547. The summed E-state index contributed by atoms with van der Waals surface area (Å²) in [4.78, 5) is 18.6. The third-order valence-electron chi connectivity index (χ3n) is 1.58. The molecule has 15 heavy (non-hydrogen) atoms. The molecule has 0 aliphatic heterocycles. The van der Waals surface area contributed by atoms with Crippen molar-refractivity contribution in [1.82, 2.24) is 9.97 Å². The lowest BCUT2D eigenvalue weighted by Crippen LogP contribution is -2.06. The Labute approximate surface area is 86.9 Å². The average molecular weight is 212 g/mol. The number of hydrogen-bond acceptors (Lipinski definition) is 6. The van der Waals surface area contributed by atoms with Gasteiger partial charge in [-0.15, -0.1) is 0 Å². The van der Waals surface area contributed by atoms with E-state index < -0.39 is 5.97 Å². The lowest BCUT2D eigenvalue weighted by molar-refractivity contribution is 0.0593. The molecule has 1 N–H and O–H groups in total. The van der Waals surface area contributed by atoms with Gasteiger partial charge in [0.05, 0.1) is 26.1 Å². The minimum atomic E-state index is -0.538. The van der Waals surface area contributed by atoms with Crippen LogP contribution in [0.25, 0.3) is 0 Å². The van der Waals surface area contributed by atoms with Crippen molar-refractivity contribution >= 4 is 5.97 Å². The molecule has 6 heteroatoms. The number of aliphatic hydroxyl groups excluding tert-OH is 1. The molecule has 0 atom stereocenters. The van der Waals surface area contributed by atoms with Crippen molar-refractivity contribution < 1.29 is 19.4 Å². The molecule has 0 spiro atoms. The zero-order chi connectivity index (χ0) is 11.1. The number of aliphatic hydroxyl groups is 1. The van der Waals surface area contributed by atoms with Gasteiger partial charge < -0.3 is 14.6 Å². The van der Waals surface area contributed by atoms with E-state index in [4.69, 9.17) is 9.84 Å². The fourth-order valence-corrected chi connectivity index (χ4v) is 0.842. The van der Waals surface area contributed by atoms with Crippen molar-refractivity contribution in [2.45, 2.75) is 6.42 Å². The molecule has 1 aromatic heterocycles. The van der Waals surface area contributed by atoms with Crippen LogP contribution < -0.4 is 4.74 Å². The predicted molar refractivity (Wildman–Crippen MR) is 50.6 cm³/mol. The van der Waals surface area contributed by atoms with Crippen molar-refractivity contribution in [1.29, 1.82) is 0 Å². The fraction of sp³-hybridized carbons (Fsp3) is 0.444. The molecule has 0 radical (unpaired) electrons. The Balaban J connectivity index is 2.52. The van der Waals surface area contributed by atoms with Gasteiger partial charge in [-0.2, -0.15) is 0 Å². The van der Waals surface area contributed by atoms with Crippen LogP contribution in [0.2, 0.25) is 0 Å². The lowest BCUT2D eigenvalue weighted by atomic mass is 10.4. The zero-order valence-corrected chi connectivity index (χ0v) is 8.34. The van der Waals surface area contributed by atoms with E-state index in [0.717, 1.165) is 0 Å². The van der Waals surface area contributed by atoms with Crippen molar-refractivity contribution in [2.24, 2.45) is 0 Å². The van der Waals surface area contributed by atoms with Crippen LogP contribution >= 0.6 is 0 Å². The zero-order valence-electron chi connectivity index (χ0n) is 8.34. The Morgan fingerprint density at radius 1 is 1.47 bits per heavy atom. The number of nitrogens with zero attached hydrogens (tertiary/aromatic N) is 2. The van der Waals surface area contributed by atoms with Gasteiger partial charge in [0.2, 0.25) is 5.88 Å². The van der Waals surface area contributed by atoms with Gasteiger partial charge in [0.1, 0.15) is 0 Å². The predicted octanol–water partition coefficient (Wildman–Crippen LogP) is 0.0244. The van der Waals surface area contributed by atoms with E-state index in [1.807, 2.05) is 0 Å². The average Bonchev–Trinajstić information content (AvgIpc) is 2.29. The van der Waals surface area contributed by atoms with Crippen LogP contribution in [0.4, 0.5) is 0 Å². The SMILES string of the molecule is COC(=O)c1cnc(OCCCO)cn1. The smallest absolute Gasteiger partial charge is 0.358 e. The second-order valence-electron chi connectivity index (χ2n) is 2.66. The van der Waals surface area contributed by atoms with Crippen molar-refractivity contribution in [3.8, 4) is 5.88 Å². The molecule has 1 aromatic rings. The standard InChI is InChI=1S/C9H12N2O4/c1-14-9(13)7-5-11-8(6-10-7)15-4-2-3-12/h5-6,12H,2-4H2,1H3. The molecular weight excluding hydrogens is 200 g/mol. The summed E-state index contributed by atoms with van der Waals surface area (Å²) in [6.07, 6.45) is 3.14. The van der Waals surface area contributed by atoms with Crippen molar-refractivity contribution in [2.75, 3.05) is 20.3 Å². The number of carbonyl (C=O) groups excluding carboxylic acids is 1. The second-order valence-corrected chi connectivity index (χ2v) is 2.66. The maximum atomic E-state index is 11.0. The maximum absolute atomic E-state index is 11.0. The number of carbonyl (C=O) groups is 1. The monoisotopic (exact) mass is 212 g/mol. The maximum Gasteiger partial charge on any atom is 0.358 e. The molecule has 0 saturated heterocycles. The van der Waals surface area contributed by atoms with Gasteiger partial charge >= 0.3 is 5.97 Å². The second kappa shape index (κ2) is 5.92. The summed E-state index contributed by atoms with van der Waals surface area (Å²) in [6, 6.07) is 0. The molecular formula is C9H12N2O4. The fourth-order valence-electron chi connectivity index (χ4n) is 0.842. The van der Waals surface area contributed by atoms with Crippen LogP contribution in [0.1, 0.15) is 16.9 Å². The molecule has 0 unspecified atom stereocenters. The molecule has 0 amide bonds. The third-order valence-corrected chi connectivity index (χ3v) is 1.58. The number of rotatable bonds is 5. The Hall–Kier alpha value is -1.69. The van der Waals surface area contributed by atoms with Crippen LogP contribution in [0.3, 0.4) is 0 Å². The Morgan fingerprint density at radius 3 is 2.80 bits per heavy atom. The first-order chi connectivity index (χ1) is 7.27. The van der Waals surface area contributed by atoms with Gasteiger partial charge in [-0.05, 0) is 0 Å². The number of esters is 1. The highest BCUT2D eigenvalue weighted by Crippen LogP contribution is 2.04. The minimum absolute atomic E-state index is 0.0632. The highest BCUT2D eigenvalue weighted by Gasteiger charge is 2.07. The van der Waals surface area contributed by atoms with Crippen LogP contribution in [-0.4, -0.2) is 41.4 Å². The van der Waals surface area contributed by atoms with E-state index in [1.54, 1.807) is 0 Å². The molecule has 6 nitrogen and oxygen atoms in total. The number of ether oxygens (including phenoxy) is 2. The summed E-state index contributed by atoms with van der Waals surface area (Å²) < 4.78 is 9.59. The van der Waals surface area contributed by atoms with E-state index in [-0.39, 0.29) is 12.3 Å².